The highest BCUT2D eigenvalue weighted by molar-refractivity contribution is 9.10. The molecule has 10 heteroatoms. The lowest BCUT2D eigenvalue weighted by molar-refractivity contribution is -0.384. The molecule has 1 atom stereocenters. The molecule has 1 N–H and O–H groups in total. The number of thiol groups is 1. The Morgan fingerprint density at radius 3 is 2.72 bits per heavy atom. The summed E-state index contributed by atoms with van der Waals surface area (Å²) in [7, 11) is 0. The summed E-state index contributed by atoms with van der Waals surface area (Å²) in [6.07, 6.45) is 1.54. The highest BCUT2D eigenvalue weighted by Gasteiger charge is 2.23. The molecule has 132 valence electrons. The highest BCUT2D eigenvalue weighted by Crippen LogP contribution is 2.35. The van der Waals surface area contributed by atoms with E-state index in [9.17, 15) is 18.9 Å². The largest absolute Gasteiger partial charge is 0.372 e. The van der Waals surface area contributed by atoms with Crippen LogP contribution in [0.3, 0.4) is 0 Å². The number of nitrogens with one attached hydrogen (secondary N) is 1. The molecular weight excluding hydrogens is 440 g/mol. The van der Waals surface area contributed by atoms with Gasteiger partial charge in [-0.05, 0) is 31.0 Å². The van der Waals surface area contributed by atoms with Crippen molar-refractivity contribution < 1.29 is 13.7 Å². The molecule has 25 heavy (non-hydrogen) atoms. The van der Waals surface area contributed by atoms with Crippen molar-refractivity contribution in [3.63, 3.8) is 0 Å². The van der Waals surface area contributed by atoms with Crippen LogP contribution in [-0.2, 0) is 0 Å². The molecule has 0 saturated carbocycles. The maximum absolute atomic E-state index is 14.3. The van der Waals surface area contributed by atoms with E-state index in [-0.39, 0.29) is 32.9 Å². The van der Waals surface area contributed by atoms with Crippen molar-refractivity contribution in [2.24, 2.45) is 4.40 Å². The third-order valence-corrected chi connectivity index (χ3v) is 4.35. The normalized spacial score (nSPS) is 12.4. The van der Waals surface area contributed by atoms with Crippen LogP contribution in [0.25, 0.3) is 0 Å². The first-order valence-corrected chi connectivity index (χ1v) is 8.41. The van der Waals surface area contributed by atoms with Crippen LogP contribution in [0.2, 0.25) is 5.02 Å². The summed E-state index contributed by atoms with van der Waals surface area (Å²) in [5, 5.41) is 14.3. The van der Waals surface area contributed by atoms with Gasteiger partial charge in [-0.3, -0.25) is 10.1 Å². The van der Waals surface area contributed by atoms with E-state index >= 15 is 0 Å². The predicted molar refractivity (Wildman–Crippen MR) is 101 cm³/mol. The summed E-state index contributed by atoms with van der Waals surface area (Å²) in [5.41, 5.74) is -0.0227. The molecule has 0 aliphatic carbocycles. The Kier molecular flexibility index (Phi) is 6.74. The number of hydrogen-bond donors (Lipinski definition) is 2. The number of nitro groups is 1. The van der Waals surface area contributed by atoms with Gasteiger partial charge in [0.15, 0.2) is 0 Å². The predicted octanol–water partition coefficient (Wildman–Crippen LogP) is 5.75. The maximum atomic E-state index is 14.3. The zero-order valence-electron chi connectivity index (χ0n) is 12.4. The van der Waals surface area contributed by atoms with Crippen molar-refractivity contribution >= 4 is 57.9 Å². The number of rotatable bonds is 6. The van der Waals surface area contributed by atoms with Crippen LogP contribution in [0, 0.1) is 21.7 Å². The molecule has 0 spiro atoms. The molecule has 0 fully saturated rings. The zero-order chi connectivity index (χ0) is 18.6. The van der Waals surface area contributed by atoms with Crippen molar-refractivity contribution in [2.45, 2.75) is 12.5 Å². The number of nitro benzene ring substituents is 1. The van der Waals surface area contributed by atoms with Crippen LogP contribution in [0.1, 0.15) is 18.0 Å². The highest BCUT2D eigenvalue weighted by atomic mass is 79.9. The average molecular weight is 451 g/mol. The Hall–Kier alpha value is -1.71. The lowest BCUT2D eigenvalue weighted by atomic mass is 10.0. The Labute approximate surface area is 160 Å². The molecule has 0 amide bonds. The van der Waals surface area contributed by atoms with Gasteiger partial charge in [0.05, 0.1) is 11.0 Å². The van der Waals surface area contributed by atoms with Gasteiger partial charge in [-0.1, -0.05) is 27.5 Å². The van der Waals surface area contributed by atoms with Crippen LogP contribution in [0.4, 0.5) is 20.2 Å². The second-order valence-electron chi connectivity index (χ2n) is 4.93. The van der Waals surface area contributed by atoms with Crippen LogP contribution >= 0.6 is 40.3 Å². The summed E-state index contributed by atoms with van der Waals surface area (Å²) < 4.78 is 31.4. The van der Waals surface area contributed by atoms with Crippen molar-refractivity contribution in [3.8, 4) is 0 Å². The van der Waals surface area contributed by atoms with E-state index in [0.717, 1.165) is 12.1 Å². The van der Waals surface area contributed by atoms with Crippen LogP contribution in [0.5, 0.6) is 0 Å². The van der Waals surface area contributed by atoms with E-state index in [4.69, 9.17) is 11.6 Å². The van der Waals surface area contributed by atoms with E-state index < -0.39 is 22.6 Å². The van der Waals surface area contributed by atoms with Gasteiger partial charge in [0.25, 0.3) is 5.69 Å². The van der Waals surface area contributed by atoms with E-state index in [0.29, 0.717) is 0 Å². The molecule has 0 aromatic heterocycles. The van der Waals surface area contributed by atoms with Crippen molar-refractivity contribution in [1.29, 1.82) is 0 Å². The van der Waals surface area contributed by atoms with Gasteiger partial charge < -0.3 is 5.32 Å². The number of hydrogen-bond acceptors (Lipinski definition) is 5. The standard InChI is InChI=1S/C15H11BrClF2N3O2S/c16-10-6-9(18)7-11(19)15(10)12(3-4-20-25)21-13-5-8(17)1-2-14(13)22(23)24/h1-2,4-7,12,21,25H,3H2/b20-4+. The molecule has 2 aromatic carbocycles. The smallest absolute Gasteiger partial charge is 0.292 e. The maximum Gasteiger partial charge on any atom is 0.292 e. The molecule has 5 nitrogen and oxygen atoms in total. The fourth-order valence-corrected chi connectivity index (χ4v) is 3.21. The van der Waals surface area contributed by atoms with Gasteiger partial charge in [0.2, 0.25) is 0 Å². The van der Waals surface area contributed by atoms with E-state index in [2.05, 4.69) is 38.5 Å². The lowest BCUT2D eigenvalue weighted by Gasteiger charge is -2.21. The topological polar surface area (TPSA) is 67.5 Å². The monoisotopic (exact) mass is 449 g/mol. The number of benzene rings is 2. The van der Waals surface area contributed by atoms with Gasteiger partial charge in [0.1, 0.15) is 17.3 Å². The first kappa shape index (κ1) is 19.6. The van der Waals surface area contributed by atoms with E-state index in [1.165, 1.54) is 24.4 Å². The minimum Gasteiger partial charge on any atom is -0.372 e. The lowest BCUT2D eigenvalue weighted by Crippen LogP contribution is -2.15. The van der Waals surface area contributed by atoms with E-state index in [1.54, 1.807) is 0 Å². The molecule has 0 radical (unpaired) electrons. The van der Waals surface area contributed by atoms with Crippen molar-refractivity contribution in [3.05, 3.63) is 67.1 Å². The fourth-order valence-electron chi connectivity index (χ4n) is 2.26. The molecule has 0 aliphatic rings. The quantitative estimate of drug-likeness (QED) is 0.255. The Morgan fingerprint density at radius 2 is 2.12 bits per heavy atom. The molecule has 2 aromatic rings. The minimum absolute atomic E-state index is 0.101. The Morgan fingerprint density at radius 1 is 1.40 bits per heavy atom. The van der Waals surface area contributed by atoms with Crippen LogP contribution < -0.4 is 5.32 Å². The third-order valence-electron chi connectivity index (χ3n) is 3.30. The average Bonchev–Trinajstić information content (AvgIpc) is 2.51. The first-order valence-electron chi connectivity index (χ1n) is 6.84. The summed E-state index contributed by atoms with van der Waals surface area (Å²) in [4.78, 5) is 10.6. The van der Waals surface area contributed by atoms with Gasteiger partial charge in [0, 0.05) is 39.8 Å². The van der Waals surface area contributed by atoms with Gasteiger partial charge in [-0.15, -0.1) is 0 Å². The summed E-state index contributed by atoms with van der Waals surface area (Å²) in [6, 6.07) is 5.05. The van der Waals surface area contributed by atoms with E-state index in [1.807, 2.05) is 0 Å². The van der Waals surface area contributed by atoms with Crippen molar-refractivity contribution in [2.75, 3.05) is 5.32 Å². The molecule has 1 unspecified atom stereocenters. The fraction of sp³-hybridized carbons (Fsp3) is 0.133. The minimum atomic E-state index is -0.804. The summed E-state index contributed by atoms with van der Waals surface area (Å²) in [5.74, 6) is -1.55. The number of halogens is 4. The van der Waals surface area contributed by atoms with Gasteiger partial charge in [-0.25, -0.2) is 13.2 Å². The summed E-state index contributed by atoms with van der Waals surface area (Å²) >= 11 is 12.7. The SMILES string of the molecule is O=[N+]([O-])c1ccc(Cl)cc1NC(C/C=N/S)c1c(F)cc(F)cc1Br. The molecule has 0 aliphatic heterocycles. The molecular formula is C15H11BrClF2N3O2S. The molecule has 2 rings (SSSR count). The number of nitrogens with zero attached hydrogens (tertiary/aromatic N) is 2. The molecule has 0 heterocycles. The van der Waals surface area contributed by atoms with Crippen LogP contribution in [0.15, 0.2) is 39.2 Å². The van der Waals surface area contributed by atoms with Crippen molar-refractivity contribution in [1.82, 2.24) is 0 Å². The zero-order valence-corrected chi connectivity index (χ0v) is 15.7. The Bertz CT molecular complexity index is 815. The van der Waals surface area contributed by atoms with Gasteiger partial charge in [-0.2, -0.15) is 0 Å². The molecule has 0 saturated heterocycles. The number of anilines is 1. The third kappa shape index (κ3) is 4.90. The Balaban J connectivity index is 2.50. The first-order chi connectivity index (χ1) is 11.8. The summed E-state index contributed by atoms with van der Waals surface area (Å²) in [6.45, 7) is 0. The second-order valence-corrected chi connectivity index (χ2v) is 6.45. The second kappa shape index (κ2) is 8.59. The van der Waals surface area contributed by atoms with Gasteiger partial charge >= 0.3 is 0 Å². The van der Waals surface area contributed by atoms with Crippen LogP contribution in [-0.4, -0.2) is 11.1 Å². The molecule has 0 bridgehead atoms.